The van der Waals surface area contributed by atoms with Crippen LogP contribution in [0.2, 0.25) is 0 Å². The number of carbonyl (C=O) groups excluding carboxylic acids is 1. The van der Waals surface area contributed by atoms with E-state index in [1.807, 2.05) is 0 Å². The molecule has 4 nitrogen and oxygen atoms in total. The maximum Gasteiger partial charge on any atom is 0.305 e. The minimum Gasteiger partial charge on any atom is -0.469 e. The lowest BCUT2D eigenvalue weighted by atomic mass is 10.2. The second-order valence-electron chi connectivity index (χ2n) is 3.84. The minimum atomic E-state index is -0.146. The van der Waals surface area contributed by atoms with E-state index in [9.17, 15) is 4.79 Å². The lowest BCUT2D eigenvalue weighted by Gasteiger charge is -1.99. The highest BCUT2D eigenvalue weighted by molar-refractivity contribution is 5.69. The Bertz CT molecular complexity index is 345. The van der Waals surface area contributed by atoms with E-state index in [-0.39, 0.29) is 5.97 Å². The van der Waals surface area contributed by atoms with Gasteiger partial charge >= 0.3 is 5.97 Å². The second kappa shape index (κ2) is 6.30. The van der Waals surface area contributed by atoms with Crippen LogP contribution in [0.3, 0.4) is 0 Å². The van der Waals surface area contributed by atoms with E-state index >= 15 is 0 Å². The van der Waals surface area contributed by atoms with Crippen LogP contribution in [0.25, 0.3) is 0 Å². The molecule has 1 rings (SSSR count). The summed E-state index contributed by atoms with van der Waals surface area (Å²) in [6.45, 7) is 6.23. The van der Waals surface area contributed by atoms with Gasteiger partial charge < -0.3 is 4.74 Å². The minimum absolute atomic E-state index is 0.146. The third-order valence-corrected chi connectivity index (χ3v) is 2.61. The average Bonchev–Trinajstić information content (AvgIpc) is 2.69. The molecule has 0 aliphatic carbocycles. The fraction of sp³-hybridized carbons (Fsp3) is 0.667. The standard InChI is InChI=1S/C12H21N2O2/c1-4-8-14-10-13(5-2)9-11(14)6-7-12(15)16-3/h9-10H,4-8H2,1-3H3/q+1. The zero-order chi connectivity index (χ0) is 12.0. The Morgan fingerprint density at radius 3 is 2.81 bits per heavy atom. The molecule has 0 unspecified atom stereocenters. The smallest absolute Gasteiger partial charge is 0.305 e. The number of ether oxygens (including phenoxy) is 1. The van der Waals surface area contributed by atoms with Crippen LogP contribution in [0.5, 0.6) is 0 Å². The number of rotatable bonds is 6. The highest BCUT2D eigenvalue weighted by Crippen LogP contribution is 2.00. The van der Waals surface area contributed by atoms with Crippen molar-refractivity contribution in [2.24, 2.45) is 0 Å². The lowest BCUT2D eigenvalue weighted by molar-refractivity contribution is -0.703. The summed E-state index contributed by atoms with van der Waals surface area (Å²) >= 11 is 0. The maximum atomic E-state index is 11.1. The van der Waals surface area contributed by atoms with E-state index in [1.54, 1.807) is 0 Å². The molecule has 0 saturated carbocycles. The van der Waals surface area contributed by atoms with Gasteiger partial charge in [-0.25, -0.2) is 9.13 Å². The van der Waals surface area contributed by atoms with Crippen LogP contribution < -0.4 is 4.57 Å². The molecule has 0 N–H and O–H groups in total. The molecule has 0 fully saturated rings. The predicted octanol–water partition coefficient (Wildman–Crippen LogP) is 1.31. The van der Waals surface area contributed by atoms with Gasteiger partial charge in [0.1, 0.15) is 11.9 Å². The van der Waals surface area contributed by atoms with Crippen molar-refractivity contribution in [2.75, 3.05) is 7.11 Å². The number of carbonyl (C=O) groups is 1. The molecular formula is C12H21N2O2+. The first-order chi connectivity index (χ1) is 7.71. The van der Waals surface area contributed by atoms with Crippen LogP contribution in [-0.2, 0) is 29.0 Å². The molecule has 0 spiro atoms. The molecule has 1 aromatic rings. The van der Waals surface area contributed by atoms with Crippen molar-refractivity contribution in [1.29, 1.82) is 0 Å². The lowest BCUT2D eigenvalue weighted by Crippen LogP contribution is -2.35. The molecule has 0 aliphatic heterocycles. The molecule has 16 heavy (non-hydrogen) atoms. The average molecular weight is 225 g/mol. The Balaban J connectivity index is 2.68. The number of esters is 1. The summed E-state index contributed by atoms with van der Waals surface area (Å²) in [5, 5.41) is 0. The van der Waals surface area contributed by atoms with Gasteiger partial charge in [0, 0.05) is 6.42 Å². The third kappa shape index (κ3) is 3.36. The van der Waals surface area contributed by atoms with Crippen LogP contribution in [0.4, 0.5) is 0 Å². The Hall–Kier alpha value is -1.32. The first-order valence-corrected chi connectivity index (χ1v) is 5.86. The van der Waals surface area contributed by atoms with Gasteiger partial charge in [-0.3, -0.25) is 4.79 Å². The molecule has 0 atom stereocenters. The molecule has 0 bridgehead atoms. The van der Waals surface area contributed by atoms with Gasteiger partial charge in [-0.2, -0.15) is 0 Å². The zero-order valence-electron chi connectivity index (χ0n) is 10.4. The summed E-state index contributed by atoms with van der Waals surface area (Å²) in [5.41, 5.74) is 1.20. The molecular weight excluding hydrogens is 204 g/mol. The van der Waals surface area contributed by atoms with E-state index in [0.717, 1.165) is 25.9 Å². The summed E-state index contributed by atoms with van der Waals surface area (Å²) in [6.07, 6.45) is 6.52. The SMILES string of the molecule is CCC[n+]1cn(CC)cc1CCC(=O)OC. The fourth-order valence-corrected chi connectivity index (χ4v) is 1.71. The van der Waals surface area contributed by atoms with Crippen LogP contribution in [0.15, 0.2) is 12.5 Å². The van der Waals surface area contributed by atoms with E-state index in [0.29, 0.717) is 6.42 Å². The molecule has 90 valence electrons. The first kappa shape index (κ1) is 12.7. The van der Waals surface area contributed by atoms with Crippen molar-refractivity contribution in [3.05, 3.63) is 18.2 Å². The van der Waals surface area contributed by atoms with Crippen molar-refractivity contribution in [3.8, 4) is 0 Å². The van der Waals surface area contributed by atoms with Gasteiger partial charge in [0.25, 0.3) is 0 Å². The van der Waals surface area contributed by atoms with Crippen molar-refractivity contribution in [3.63, 3.8) is 0 Å². The molecule has 1 aromatic heterocycles. The van der Waals surface area contributed by atoms with Crippen molar-refractivity contribution < 1.29 is 14.1 Å². The Labute approximate surface area is 96.8 Å². The second-order valence-corrected chi connectivity index (χ2v) is 3.84. The van der Waals surface area contributed by atoms with Gasteiger partial charge in [0.2, 0.25) is 6.33 Å². The van der Waals surface area contributed by atoms with Gasteiger partial charge in [-0.15, -0.1) is 0 Å². The Morgan fingerprint density at radius 2 is 2.25 bits per heavy atom. The molecule has 4 heteroatoms. The van der Waals surface area contributed by atoms with Crippen LogP contribution in [0.1, 0.15) is 32.4 Å². The number of nitrogens with zero attached hydrogens (tertiary/aromatic N) is 2. The van der Waals surface area contributed by atoms with Crippen molar-refractivity contribution in [2.45, 2.75) is 46.2 Å². The topological polar surface area (TPSA) is 35.1 Å². The van der Waals surface area contributed by atoms with Gasteiger partial charge in [-0.1, -0.05) is 6.92 Å². The van der Waals surface area contributed by atoms with Crippen LogP contribution in [0, 0.1) is 0 Å². The molecule has 0 aliphatic rings. The Morgan fingerprint density at radius 1 is 1.50 bits per heavy atom. The van der Waals surface area contributed by atoms with E-state index in [1.165, 1.54) is 12.8 Å². The molecule has 0 amide bonds. The number of aromatic nitrogens is 2. The number of hydrogen-bond acceptors (Lipinski definition) is 2. The molecule has 0 saturated heterocycles. The largest absolute Gasteiger partial charge is 0.469 e. The van der Waals surface area contributed by atoms with Crippen LogP contribution >= 0.6 is 0 Å². The van der Waals surface area contributed by atoms with E-state index in [2.05, 4.69) is 40.2 Å². The molecule has 1 heterocycles. The summed E-state index contributed by atoms with van der Waals surface area (Å²) in [5.74, 6) is -0.146. The summed E-state index contributed by atoms with van der Waals surface area (Å²) in [4.78, 5) is 11.1. The third-order valence-electron chi connectivity index (χ3n) is 2.61. The quantitative estimate of drug-likeness (QED) is 0.540. The van der Waals surface area contributed by atoms with E-state index < -0.39 is 0 Å². The summed E-state index contributed by atoms with van der Waals surface area (Å²) in [7, 11) is 1.43. The van der Waals surface area contributed by atoms with Crippen LogP contribution in [-0.4, -0.2) is 17.6 Å². The van der Waals surface area contributed by atoms with Crippen molar-refractivity contribution in [1.82, 2.24) is 4.57 Å². The summed E-state index contributed by atoms with van der Waals surface area (Å²) in [6, 6.07) is 0. The number of hydrogen-bond donors (Lipinski definition) is 0. The van der Waals surface area contributed by atoms with Gasteiger partial charge in [0.05, 0.1) is 26.6 Å². The number of methoxy groups -OCH3 is 1. The number of aryl methyl sites for hydroxylation is 3. The molecule has 0 aromatic carbocycles. The van der Waals surface area contributed by atoms with Gasteiger partial charge in [0.15, 0.2) is 0 Å². The van der Waals surface area contributed by atoms with Gasteiger partial charge in [-0.05, 0) is 13.3 Å². The Kier molecular flexibility index (Phi) is 5.02. The maximum absolute atomic E-state index is 11.1. The van der Waals surface area contributed by atoms with Crippen molar-refractivity contribution >= 4 is 5.97 Å². The highest BCUT2D eigenvalue weighted by Gasteiger charge is 2.13. The number of imidazole rings is 1. The highest BCUT2D eigenvalue weighted by atomic mass is 16.5. The predicted molar refractivity (Wildman–Crippen MR) is 60.9 cm³/mol. The summed E-state index contributed by atoms with van der Waals surface area (Å²) < 4.78 is 9.01. The normalized spacial score (nSPS) is 10.4. The molecule has 0 radical (unpaired) electrons. The van der Waals surface area contributed by atoms with E-state index in [4.69, 9.17) is 0 Å². The zero-order valence-corrected chi connectivity index (χ0v) is 10.4. The fourth-order valence-electron chi connectivity index (χ4n) is 1.71. The first-order valence-electron chi connectivity index (χ1n) is 5.86. The monoisotopic (exact) mass is 225 g/mol.